The monoisotopic (exact) mass is 435 g/mol. The van der Waals surface area contributed by atoms with Gasteiger partial charge in [0.05, 0.1) is 0 Å². The Morgan fingerprint density at radius 3 is 1.97 bits per heavy atom. The Labute approximate surface area is 188 Å². The van der Waals surface area contributed by atoms with E-state index < -0.39 is 23.7 Å². The number of amides is 1. The molecule has 1 aromatic rings. The molecule has 6 nitrogen and oxygen atoms in total. The van der Waals surface area contributed by atoms with Crippen molar-refractivity contribution in [1.29, 1.82) is 0 Å². The maximum Gasteiger partial charge on any atom is 0.408 e. The summed E-state index contributed by atoms with van der Waals surface area (Å²) in [5, 5.41) is 2.65. The Hall–Kier alpha value is -2.24. The van der Waals surface area contributed by atoms with Crippen LogP contribution in [0.25, 0.3) is 0 Å². The molecule has 31 heavy (non-hydrogen) atoms. The molecule has 1 rings (SSSR count). The van der Waals surface area contributed by atoms with Gasteiger partial charge in [0, 0.05) is 0 Å². The van der Waals surface area contributed by atoms with Crippen molar-refractivity contribution >= 4 is 12.1 Å². The minimum Gasteiger partial charge on any atom is -0.489 e. The highest BCUT2D eigenvalue weighted by Gasteiger charge is 2.29. The smallest absolute Gasteiger partial charge is 0.408 e. The van der Waals surface area contributed by atoms with Crippen molar-refractivity contribution in [2.75, 3.05) is 13.2 Å². The molecule has 0 aliphatic heterocycles. The summed E-state index contributed by atoms with van der Waals surface area (Å²) in [5.41, 5.74) is 1.64. The number of alkyl carbamates (subject to hydrolysis) is 1. The highest BCUT2D eigenvalue weighted by atomic mass is 16.6. The molecular formula is C25H41NO5. The SMILES string of the molecule is CC[C@H](C)[C@H](NC(=O)OC(C)(C)C)C(=O)OCCOc1c(C(C)C)cccc1C(C)C. The summed E-state index contributed by atoms with van der Waals surface area (Å²) in [4.78, 5) is 24.8. The third-order valence-electron chi connectivity index (χ3n) is 5.03. The molecule has 1 N–H and O–H groups in total. The van der Waals surface area contributed by atoms with Crippen LogP contribution in [0.3, 0.4) is 0 Å². The summed E-state index contributed by atoms with van der Waals surface area (Å²) >= 11 is 0. The highest BCUT2D eigenvalue weighted by Crippen LogP contribution is 2.34. The average molecular weight is 436 g/mol. The molecule has 0 saturated carbocycles. The fraction of sp³-hybridized carbons (Fsp3) is 0.680. The summed E-state index contributed by atoms with van der Waals surface area (Å²) in [6.45, 7) is 18.1. The Kier molecular flexibility index (Phi) is 10.3. The van der Waals surface area contributed by atoms with Gasteiger partial charge < -0.3 is 19.5 Å². The average Bonchev–Trinajstić information content (AvgIpc) is 2.66. The van der Waals surface area contributed by atoms with Gasteiger partial charge in [0.1, 0.15) is 30.6 Å². The van der Waals surface area contributed by atoms with Gasteiger partial charge in [0.2, 0.25) is 0 Å². The second kappa shape index (κ2) is 12.0. The van der Waals surface area contributed by atoms with E-state index in [-0.39, 0.29) is 19.1 Å². The first-order valence-electron chi connectivity index (χ1n) is 11.3. The molecule has 0 unspecified atom stereocenters. The van der Waals surface area contributed by atoms with Crippen molar-refractivity contribution in [1.82, 2.24) is 5.32 Å². The molecule has 0 saturated heterocycles. The number of para-hydroxylation sites is 1. The molecule has 0 radical (unpaired) electrons. The van der Waals surface area contributed by atoms with Crippen LogP contribution in [-0.4, -0.2) is 36.9 Å². The number of rotatable bonds is 10. The van der Waals surface area contributed by atoms with E-state index in [1.165, 1.54) is 0 Å². The van der Waals surface area contributed by atoms with E-state index in [4.69, 9.17) is 14.2 Å². The van der Waals surface area contributed by atoms with Crippen molar-refractivity contribution in [3.05, 3.63) is 29.3 Å². The van der Waals surface area contributed by atoms with E-state index in [0.717, 1.165) is 16.9 Å². The van der Waals surface area contributed by atoms with E-state index in [1.807, 2.05) is 13.8 Å². The fourth-order valence-electron chi connectivity index (χ4n) is 3.13. The lowest BCUT2D eigenvalue weighted by atomic mass is 9.94. The number of benzene rings is 1. The first kappa shape index (κ1) is 26.8. The normalized spacial score (nSPS) is 13.6. The fourth-order valence-corrected chi connectivity index (χ4v) is 3.13. The third kappa shape index (κ3) is 8.80. The van der Waals surface area contributed by atoms with Gasteiger partial charge in [-0.25, -0.2) is 9.59 Å². The van der Waals surface area contributed by atoms with Gasteiger partial charge in [-0.05, 0) is 49.7 Å². The summed E-state index contributed by atoms with van der Waals surface area (Å²) in [6.07, 6.45) is 0.0874. The van der Waals surface area contributed by atoms with E-state index in [0.29, 0.717) is 18.3 Å². The van der Waals surface area contributed by atoms with Crippen molar-refractivity contribution in [3.63, 3.8) is 0 Å². The number of hydrogen-bond donors (Lipinski definition) is 1. The van der Waals surface area contributed by atoms with Crippen LogP contribution in [-0.2, 0) is 14.3 Å². The predicted octanol–water partition coefficient (Wildman–Crippen LogP) is 5.79. The number of nitrogens with one attached hydrogen (secondary N) is 1. The van der Waals surface area contributed by atoms with Crippen molar-refractivity contribution < 1.29 is 23.8 Å². The number of ether oxygens (including phenoxy) is 3. The molecule has 0 fully saturated rings. The van der Waals surface area contributed by atoms with Gasteiger partial charge in [-0.1, -0.05) is 66.2 Å². The zero-order valence-electron chi connectivity index (χ0n) is 20.7. The Balaban J connectivity index is 2.75. The maximum absolute atomic E-state index is 12.7. The van der Waals surface area contributed by atoms with Gasteiger partial charge in [-0.2, -0.15) is 0 Å². The number of hydrogen-bond acceptors (Lipinski definition) is 5. The quantitative estimate of drug-likeness (QED) is 0.372. The lowest BCUT2D eigenvalue weighted by Crippen LogP contribution is -2.47. The van der Waals surface area contributed by atoms with Crippen LogP contribution in [0.15, 0.2) is 18.2 Å². The molecule has 176 valence electrons. The summed E-state index contributed by atoms with van der Waals surface area (Å²) in [5.74, 6) is 0.946. The molecule has 0 spiro atoms. The van der Waals surface area contributed by atoms with E-state index in [2.05, 4.69) is 51.2 Å². The lowest BCUT2D eigenvalue weighted by molar-refractivity contribution is -0.148. The molecule has 0 bridgehead atoms. The molecule has 6 heteroatoms. The van der Waals surface area contributed by atoms with Crippen LogP contribution < -0.4 is 10.1 Å². The van der Waals surface area contributed by atoms with Gasteiger partial charge in [0.25, 0.3) is 0 Å². The van der Waals surface area contributed by atoms with Crippen molar-refractivity contribution in [2.24, 2.45) is 5.92 Å². The summed E-state index contributed by atoms with van der Waals surface area (Å²) in [7, 11) is 0. The third-order valence-corrected chi connectivity index (χ3v) is 5.03. The van der Waals surface area contributed by atoms with Gasteiger partial charge in [0.15, 0.2) is 0 Å². The summed E-state index contributed by atoms with van der Waals surface area (Å²) in [6, 6.07) is 5.42. The highest BCUT2D eigenvalue weighted by molar-refractivity contribution is 5.81. The number of esters is 1. The van der Waals surface area contributed by atoms with Crippen molar-refractivity contribution in [3.8, 4) is 5.75 Å². The Morgan fingerprint density at radius 1 is 0.968 bits per heavy atom. The van der Waals surface area contributed by atoms with E-state index >= 15 is 0 Å². The summed E-state index contributed by atoms with van der Waals surface area (Å²) < 4.78 is 16.8. The predicted molar refractivity (Wildman–Crippen MR) is 124 cm³/mol. The molecule has 0 aromatic heterocycles. The molecule has 0 aliphatic rings. The first-order valence-corrected chi connectivity index (χ1v) is 11.3. The Bertz CT molecular complexity index is 695. The van der Waals surface area contributed by atoms with Crippen LogP contribution in [0.1, 0.15) is 91.7 Å². The minimum absolute atomic E-state index is 0.0878. The van der Waals surface area contributed by atoms with Crippen LogP contribution in [0.2, 0.25) is 0 Å². The zero-order valence-corrected chi connectivity index (χ0v) is 20.7. The zero-order chi connectivity index (χ0) is 23.8. The molecular weight excluding hydrogens is 394 g/mol. The maximum atomic E-state index is 12.7. The topological polar surface area (TPSA) is 73.9 Å². The molecule has 0 aliphatic carbocycles. The molecule has 2 atom stereocenters. The second-order valence-electron chi connectivity index (χ2n) is 9.60. The molecule has 0 heterocycles. The second-order valence-corrected chi connectivity index (χ2v) is 9.60. The Morgan fingerprint density at radius 2 is 1.52 bits per heavy atom. The van der Waals surface area contributed by atoms with Crippen molar-refractivity contribution in [2.45, 2.75) is 92.2 Å². The number of carbonyl (C=O) groups excluding carboxylic acids is 2. The van der Waals surface area contributed by atoms with Gasteiger partial charge in [-0.3, -0.25) is 0 Å². The number of carbonyl (C=O) groups is 2. The van der Waals surface area contributed by atoms with Crippen LogP contribution in [0, 0.1) is 5.92 Å². The van der Waals surface area contributed by atoms with E-state index in [9.17, 15) is 9.59 Å². The van der Waals surface area contributed by atoms with Gasteiger partial charge >= 0.3 is 12.1 Å². The minimum atomic E-state index is -0.769. The first-order chi connectivity index (χ1) is 14.4. The van der Waals surface area contributed by atoms with Crippen LogP contribution >= 0.6 is 0 Å². The lowest BCUT2D eigenvalue weighted by Gasteiger charge is -2.25. The molecule has 1 aromatic carbocycles. The van der Waals surface area contributed by atoms with Crippen LogP contribution in [0.5, 0.6) is 5.75 Å². The standard InChI is InChI=1S/C25H41NO5/c1-10-18(6)21(26-24(28)31-25(7,8)9)23(27)30-15-14-29-22-19(16(2)3)12-11-13-20(22)17(4)5/h11-13,16-18,21H,10,14-15H2,1-9H3,(H,26,28)/t18-,21-/m0/s1. The van der Waals surface area contributed by atoms with Gasteiger partial charge in [-0.15, -0.1) is 0 Å². The largest absolute Gasteiger partial charge is 0.489 e. The molecule has 1 amide bonds. The van der Waals surface area contributed by atoms with Crippen LogP contribution in [0.4, 0.5) is 4.79 Å². The van der Waals surface area contributed by atoms with E-state index in [1.54, 1.807) is 20.8 Å².